The number of ketones is 1. The van der Waals surface area contributed by atoms with Crippen LogP contribution in [0.25, 0.3) is 0 Å². The van der Waals surface area contributed by atoms with Gasteiger partial charge in [-0.3, -0.25) is 9.36 Å². The Hall–Kier alpha value is -1.76. The summed E-state index contributed by atoms with van der Waals surface area (Å²) in [5, 5.41) is 6.89. The molecule has 0 fully saturated rings. The molecule has 0 amide bonds. The fraction of sp³-hybridized carbons (Fsp3) is 0.417. The van der Waals surface area contributed by atoms with Crippen LogP contribution in [-0.4, -0.2) is 30.9 Å². The lowest BCUT2D eigenvalue weighted by Gasteiger charge is -2.08. The Morgan fingerprint density at radius 2 is 2.26 bits per heavy atom. The first-order chi connectivity index (χ1) is 9.00. The van der Waals surface area contributed by atoms with Gasteiger partial charge in [0.1, 0.15) is 0 Å². The molecule has 1 N–H and O–H groups in total. The Bertz CT molecular complexity index is 638. The van der Waals surface area contributed by atoms with Crippen LogP contribution in [0.1, 0.15) is 30.4 Å². The molecule has 2 aromatic heterocycles. The molecule has 6 nitrogen and oxygen atoms in total. The number of aryl methyl sites for hydroxylation is 1. The average molecular weight is 280 g/mol. The second-order valence-electron chi connectivity index (χ2n) is 4.49. The van der Waals surface area contributed by atoms with Gasteiger partial charge in [-0.1, -0.05) is 11.8 Å². The molecule has 0 bridgehead atoms. The summed E-state index contributed by atoms with van der Waals surface area (Å²) >= 11 is 1.27. The summed E-state index contributed by atoms with van der Waals surface area (Å²) in [6, 6.07) is 3.62. The van der Waals surface area contributed by atoms with E-state index in [1.165, 1.54) is 11.8 Å². The van der Waals surface area contributed by atoms with E-state index >= 15 is 0 Å². The van der Waals surface area contributed by atoms with Crippen molar-refractivity contribution in [3.63, 3.8) is 0 Å². The molecule has 0 atom stereocenters. The fourth-order valence-corrected chi connectivity index (χ4v) is 2.75. The molecule has 0 aromatic carbocycles. The maximum absolute atomic E-state index is 12.0. The highest BCUT2D eigenvalue weighted by Crippen LogP contribution is 2.18. The van der Waals surface area contributed by atoms with E-state index in [1.54, 1.807) is 15.2 Å². The number of aromatic nitrogens is 4. The second kappa shape index (κ2) is 5.48. The molecule has 0 radical (unpaired) electrons. The number of nitrogens with one attached hydrogen (secondary N) is 1. The molecule has 0 unspecified atom stereocenters. The number of nitrogens with zero attached hydrogens (tertiary/aromatic N) is 3. The normalized spacial score (nSPS) is 11.2. The monoisotopic (exact) mass is 280 g/mol. The molecule has 0 aliphatic heterocycles. The molecular formula is C12H16N4O2S. The highest BCUT2D eigenvalue weighted by molar-refractivity contribution is 7.99. The number of carbonyl (C=O) groups excluding carboxylic acids is 1. The minimum Gasteiger partial charge on any atom is -0.348 e. The van der Waals surface area contributed by atoms with Gasteiger partial charge in [0.25, 0.3) is 0 Å². The van der Waals surface area contributed by atoms with Crippen molar-refractivity contribution in [1.29, 1.82) is 0 Å². The summed E-state index contributed by atoms with van der Waals surface area (Å²) < 4.78 is 3.33. The Morgan fingerprint density at radius 1 is 1.53 bits per heavy atom. The van der Waals surface area contributed by atoms with Gasteiger partial charge in [-0.2, -0.15) is 0 Å². The van der Waals surface area contributed by atoms with Gasteiger partial charge in [-0.15, -0.1) is 5.10 Å². The molecule has 0 spiro atoms. The van der Waals surface area contributed by atoms with Crippen molar-refractivity contribution in [2.45, 2.75) is 25.0 Å². The van der Waals surface area contributed by atoms with Gasteiger partial charge in [0.05, 0.1) is 11.4 Å². The number of hydrogen-bond donors (Lipinski definition) is 1. The number of thioether (sulfide) groups is 1. The van der Waals surface area contributed by atoms with Crippen LogP contribution in [-0.2, 0) is 7.05 Å². The molecule has 0 aliphatic carbocycles. The van der Waals surface area contributed by atoms with Gasteiger partial charge in [0, 0.05) is 19.3 Å². The molecule has 0 saturated heterocycles. The quantitative estimate of drug-likeness (QED) is 0.665. The molecule has 2 rings (SSSR count). The third-order valence-corrected chi connectivity index (χ3v) is 3.70. The standard InChI is InChI=1S/C12H16N4O2S/c1-8(2)16-11(18)13-14-12(16)19-7-10(17)9-5-4-6-15(9)3/h4-6,8H,7H2,1-3H3,(H,13,18). The minimum atomic E-state index is -0.246. The van der Waals surface area contributed by atoms with Gasteiger partial charge >= 0.3 is 5.69 Å². The van der Waals surface area contributed by atoms with E-state index in [-0.39, 0.29) is 23.3 Å². The van der Waals surface area contributed by atoms with Gasteiger partial charge < -0.3 is 4.57 Å². The predicted molar refractivity (Wildman–Crippen MR) is 73.7 cm³/mol. The van der Waals surface area contributed by atoms with Crippen LogP contribution in [0.15, 0.2) is 28.3 Å². The van der Waals surface area contributed by atoms with E-state index < -0.39 is 0 Å². The van der Waals surface area contributed by atoms with Crippen LogP contribution < -0.4 is 5.69 Å². The Morgan fingerprint density at radius 3 is 2.84 bits per heavy atom. The van der Waals surface area contributed by atoms with E-state index in [9.17, 15) is 9.59 Å². The van der Waals surface area contributed by atoms with E-state index in [4.69, 9.17) is 0 Å². The van der Waals surface area contributed by atoms with E-state index in [0.29, 0.717) is 10.9 Å². The molecular weight excluding hydrogens is 264 g/mol. The Balaban J connectivity index is 2.10. The van der Waals surface area contributed by atoms with Crippen LogP contribution >= 0.6 is 11.8 Å². The van der Waals surface area contributed by atoms with Crippen LogP contribution in [0.2, 0.25) is 0 Å². The number of H-pyrrole nitrogens is 1. The molecule has 0 aliphatic rings. The van der Waals surface area contributed by atoms with Crippen LogP contribution in [0.3, 0.4) is 0 Å². The van der Waals surface area contributed by atoms with Gasteiger partial charge in [0.15, 0.2) is 10.9 Å². The maximum Gasteiger partial charge on any atom is 0.344 e. The van der Waals surface area contributed by atoms with E-state index in [2.05, 4.69) is 10.2 Å². The summed E-state index contributed by atoms with van der Waals surface area (Å²) in [6.07, 6.45) is 1.83. The molecule has 2 heterocycles. The van der Waals surface area contributed by atoms with Crippen molar-refractivity contribution in [2.24, 2.45) is 7.05 Å². The van der Waals surface area contributed by atoms with Crippen molar-refractivity contribution in [3.05, 3.63) is 34.5 Å². The number of aromatic amines is 1. The summed E-state index contributed by atoms with van der Waals surface area (Å²) in [7, 11) is 1.83. The van der Waals surface area contributed by atoms with Crippen LogP contribution in [0.5, 0.6) is 0 Å². The third kappa shape index (κ3) is 2.81. The second-order valence-corrected chi connectivity index (χ2v) is 5.43. The largest absolute Gasteiger partial charge is 0.348 e. The number of carbonyl (C=O) groups is 1. The van der Waals surface area contributed by atoms with Crippen molar-refractivity contribution in [3.8, 4) is 0 Å². The minimum absolute atomic E-state index is 0.0129. The predicted octanol–water partition coefficient (Wildman–Crippen LogP) is 1.47. The summed E-state index contributed by atoms with van der Waals surface area (Å²) in [5.74, 6) is 0.276. The van der Waals surface area contributed by atoms with Crippen LogP contribution in [0, 0.1) is 0 Å². The van der Waals surface area contributed by atoms with Gasteiger partial charge in [-0.25, -0.2) is 9.89 Å². The zero-order chi connectivity index (χ0) is 14.0. The Labute approximate surface area is 114 Å². The van der Waals surface area contributed by atoms with Gasteiger partial charge in [-0.05, 0) is 26.0 Å². The molecule has 2 aromatic rings. The lowest BCUT2D eigenvalue weighted by molar-refractivity contribution is 0.101. The van der Waals surface area contributed by atoms with Crippen molar-refractivity contribution < 1.29 is 4.79 Å². The van der Waals surface area contributed by atoms with Crippen LogP contribution in [0.4, 0.5) is 0 Å². The first kappa shape index (κ1) is 13.7. The number of Topliss-reactive ketones (excluding diaryl/α,β-unsaturated/α-hetero) is 1. The fourth-order valence-electron chi connectivity index (χ4n) is 1.80. The lowest BCUT2D eigenvalue weighted by atomic mass is 10.3. The van der Waals surface area contributed by atoms with Gasteiger partial charge in [0.2, 0.25) is 0 Å². The zero-order valence-electron chi connectivity index (χ0n) is 11.1. The van der Waals surface area contributed by atoms with E-state index in [0.717, 1.165) is 0 Å². The molecule has 7 heteroatoms. The lowest BCUT2D eigenvalue weighted by Crippen LogP contribution is -2.19. The Kier molecular flexibility index (Phi) is 3.94. The highest BCUT2D eigenvalue weighted by atomic mass is 32.2. The van der Waals surface area contributed by atoms with Crippen molar-refractivity contribution >= 4 is 17.5 Å². The third-order valence-electron chi connectivity index (χ3n) is 2.75. The summed E-state index contributed by atoms with van der Waals surface area (Å²) in [5.41, 5.74) is 0.408. The zero-order valence-corrected chi connectivity index (χ0v) is 11.9. The first-order valence-electron chi connectivity index (χ1n) is 5.95. The van der Waals surface area contributed by atoms with E-state index in [1.807, 2.05) is 33.2 Å². The first-order valence-corrected chi connectivity index (χ1v) is 6.93. The SMILES string of the molecule is CC(C)n1c(SCC(=O)c2cccn2C)n[nH]c1=O. The topological polar surface area (TPSA) is 72.7 Å². The summed E-state index contributed by atoms with van der Waals surface area (Å²) in [6.45, 7) is 3.81. The number of rotatable bonds is 5. The average Bonchev–Trinajstić information content (AvgIpc) is 2.92. The number of hydrogen-bond acceptors (Lipinski definition) is 4. The van der Waals surface area contributed by atoms with Crippen molar-refractivity contribution in [1.82, 2.24) is 19.3 Å². The summed E-state index contributed by atoms with van der Waals surface area (Å²) in [4.78, 5) is 23.6. The smallest absolute Gasteiger partial charge is 0.344 e. The van der Waals surface area contributed by atoms with Crippen molar-refractivity contribution in [2.75, 3.05) is 5.75 Å². The molecule has 0 saturated carbocycles. The highest BCUT2D eigenvalue weighted by Gasteiger charge is 2.15. The molecule has 19 heavy (non-hydrogen) atoms. The molecule has 102 valence electrons. The maximum atomic E-state index is 12.0.